The number of rotatable bonds is 3. The molecule has 0 aliphatic rings. The molecule has 0 saturated carbocycles. The number of carbonyl (C=O) groups is 1. The van der Waals surface area contributed by atoms with Crippen LogP contribution in [-0.4, -0.2) is 21.0 Å². The summed E-state index contributed by atoms with van der Waals surface area (Å²) >= 11 is 0. The molecular formula is C15H12N4O3. The molecule has 0 aliphatic carbocycles. The molecule has 7 heteroatoms. The third-order valence-corrected chi connectivity index (χ3v) is 2.93. The number of hydrogen-bond donors (Lipinski definition) is 2. The molecule has 110 valence electrons. The van der Waals surface area contributed by atoms with Crippen molar-refractivity contribution in [2.75, 3.05) is 5.32 Å². The fraction of sp³-hybridized carbons (Fsp3) is 0.0667. The van der Waals surface area contributed by atoms with Crippen LogP contribution in [0.15, 0.2) is 51.8 Å². The van der Waals surface area contributed by atoms with Crippen molar-refractivity contribution in [3.05, 3.63) is 64.4 Å². The Labute approximate surface area is 125 Å². The molecule has 0 unspecified atom stereocenters. The topological polar surface area (TPSA) is 101 Å². The van der Waals surface area contributed by atoms with E-state index in [1.54, 1.807) is 13.0 Å². The van der Waals surface area contributed by atoms with Crippen molar-refractivity contribution in [2.45, 2.75) is 6.92 Å². The van der Waals surface area contributed by atoms with E-state index < -0.39 is 11.6 Å². The van der Waals surface area contributed by atoms with Crippen molar-refractivity contribution in [3.63, 3.8) is 0 Å². The van der Waals surface area contributed by atoms with Gasteiger partial charge in [0, 0.05) is 11.6 Å². The van der Waals surface area contributed by atoms with Gasteiger partial charge in [-0.15, -0.1) is 0 Å². The van der Waals surface area contributed by atoms with Gasteiger partial charge < -0.3 is 14.8 Å². The zero-order valence-corrected chi connectivity index (χ0v) is 11.7. The number of H-pyrrole nitrogens is 1. The van der Waals surface area contributed by atoms with E-state index in [9.17, 15) is 9.59 Å². The number of carbonyl (C=O) groups excluding carboxylic acids is 1. The summed E-state index contributed by atoms with van der Waals surface area (Å²) < 4.78 is 4.87. The van der Waals surface area contributed by atoms with Gasteiger partial charge in [-0.25, -0.2) is 4.79 Å². The lowest BCUT2D eigenvalue weighted by atomic mass is 10.1. The summed E-state index contributed by atoms with van der Waals surface area (Å²) in [6, 6.07) is 12.2. The molecule has 1 amide bonds. The van der Waals surface area contributed by atoms with Crippen molar-refractivity contribution >= 4 is 11.7 Å². The largest absolute Gasteiger partial charge is 0.360 e. The van der Waals surface area contributed by atoms with Crippen LogP contribution < -0.4 is 11.0 Å². The minimum Gasteiger partial charge on any atom is -0.360 e. The minimum atomic E-state index is -0.595. The standard InChI is InChI=1S/C15H12N4O3/c1-9-7-13(19-22-9)18-14(20)12-8-11(16-15(21)17-12)10-5-3-2-4-6-10/h2-8H,1H3,(H,16,17,21)(H,18,19,20). The molecule has 2 N–H and O–H groups in total. The van der Waals surface area contributed by atoms with Crippen LogP contribution in [0.25, 0.3) is 11.3 Å². The number of benzene rings is 1. The summed E-state index contributed by atoms with van der Waals surface area (Å²) in [5, 5.41) is 6.21. The minimum absolute atomic E-state index is 0.0968. The van der Waals surface area contributed by atoms with Crippen molar-refractivity contribution in [2.24, 2.45) is 0 Å². The molecule has 22 heavy (non-hydrogen) atoms. The first-order chi connectivity index (χ1) is 10.6. The maximum absolute atomic E-state index is 12.2. The third kappa shape index (κ3) is 2.93. The monoisotopic (exact) mass is 296 g/mol. The molecule has 0 spiro atoms. The molecule has 7 nitrogen and oxygen atoms in total. The van der Waals surface area contributed by atoms with Gasteiger partial charge in [-0.3, -0.25) is 4.79 Å². The predicted molar refractivity (Wildman–Crippen MR) is 79.5 cm³/mol. The van der Waals surface area contributed by atoms with E-state index in [-0.39, 0.29) is 11.5 Å². The van der Waals surface area contributed by atoms with Gasteiger partial charge in [0.1, 0.15) is 11.5 Å². The summed E-state index contributed by atoms with van der Waals surface area (Å²) in [5.74, 6) is 0.356. The second kappa shape index (κ2) is 5.65. The fourth-order valence-corrected chi connectivity index (χ4v) is 1.95. The van der Waals surface area contributed by atoms with Crippen molar-refractivity contribution in [3.8, 4) is 11.3 Å². The average molecular weight is 296 g/mol. The van der Waals surface area contributed by atoms with E-state index in [2.05, 4.69) is 20.4 Å². The van der Waals surface area contributed by atoms with E-state index in [4.69, 9.17) is 4.52 Å². The molecular weight excluding hydrogens is 284 g/mol. The first-order valence-corrected chi connectivity index (χ1v) is 6.53. The number of aryl methyl sites for hydroxylation is 1. The summed E-state index contributed by atoms with van der Waals surface area (Å²) in [6.45, 7) is 1.71. The van der Waals surface area contributed by atoms with Crippen molar-refractivity contribution in [1.82, 2.24) is 15.1 Å². The van der Waals surface area contributed by atoms with E-state index in [1.165, 1.54) is 6.07 Å². The van der Waals surface area contributed by atoms with Gasteiger partial charge in [0.15, 0.2) is 5.82 Å². The summed E-state index contributed by atoms with van der Waals surface area (Å²) in [6.07, 6.45) is 0. The Kier molecular flexibility index (Phi) is 3.53. The molecule has 1 aromatic carbocycles. The number of amides is 1. The summed E-state index contributed by atoms with van der Waals surface area (Å²) in [5.41, 5.74) is 0.674. The first-order valence-electron chi connectivity index (χ1n) is 6.53. The molecule has 3 aromatic rings. The van der Waals surface area contributed by atoms with Gasteiger partial charge >= 0.3 is 5.69 Å². The van der Waals surface area contributed by atoms with Crippen LogP contribution >= 0.6 is 0 Å². The fourth-order valence-electron chi connectivity index (χ4n) is 1.95. The van der Waals surface area contributed by atoms with E-state index >= 15 is 0 Å². The molecule has 2 heterocycles. The van der Waals surface area contributed by atoms with Crippen LogP contribution in [0, 0.1) is 6.92 Å². The Morgan fingerprint density at radius 1 is 1.23 bits per heavy atom. The second-order valence-electron chi connectivity index (χ2n) is 4.63. The Bertz CT molecular complexity index is 868. The molecule has 0 atom stereocenters. The number of nitrogens with one attached hydrogen (secondary N) is 2. The molecule has 0 saturated heterocycles. The number of hydrogen-bond acceptors (Lipinski definition) is 5. The molecule has 3 rings (SSSR count). The summed E-state index contributed by atoms with van der Waals surface area (Å²) in [7, 11) is 0. The van der Waals surface area contributed by atoms with Crippen LogP contribution in [0.5, 0.6) is 0 Å². The highest BCUT2D eigenvalue weighted by Crippen LogP contribution is 2.16. The summed E-state index contributed by atoms with van der Waals surface area (Å²) in [4.78, 5) is 30.1. The number of nitrogens with zero attached hydrogens (tertiary/aromatic N) is 2. The second-order valence-corrected chi connectivity index (χ2v) is 4.63. The quantitative estimate of drug-likeness (QED) is 0.769. The Morgan fingerprint density at radius 3 is 2.68 bits per heavy atom. The van der Waals surface area contributed by atoms with Gasteiger partial charge in [0.2, 0.25) is 0 Å². The lowest BCUT2D eigenvalue weighted by Gasteiger charge is -2.04. The Hall–Kier alpha value is -3.22. The van der Waals surface area contributed by atoms with Gasteiger partial charge in [-0.2, -0.15) is 4.98 Å². The number of aromatic amines is 1. The zero-order chi connectivity index (χ0) is 15.5. The Balaban J connectivity index is 1.92. The smallest absolute Gasteiger partial charge is 0.346 e. The van der Waals surface area contributed by atoms with Crippen LogP contribution in [0.3, 0.4) is 0 Å². The highest BCUT2D eigenvalue weighted by atomic mass is 16.5. The van der Waals surface area contributed by atoms with E-state index in [1.807, 2.05) is 30.3 Å². The van der Waals surface area contributed by atoms with Gasteiger partial charge in [0.25, 0.3) is 5.91 Å². The highest BCUT2D eigenvalue weighted by molar-refractivity contribution is 6.02. The number of aromatic nitrogens is 3. The van der Waals surface area contributed by atoms with Crippen LogP contribution in [0.2, 0.25) is 0 Å². The molecule has 0 fully saturated rings. The van der Waals surface area contributed by atoms with Crippen molar-refractivity contribution in [1.29, 1.82) is 0 Å². The average Bonchev–Trinajstić information content (AvgIpc) is 2.92. The molecule has 0 aliphatic heterocycles. The predicted octanol–water partition coefficient (Wildman–Crippen LogP) is 1.99. The number of anilines is 1. The van der Waals surface area contributed by atoms with Gasteiger partial charge in [-0.1, -0.05) is 35.5 Å². The van der Waals surface area contributed by atoms with Gasteiger partial charge in [-0.05, 0) is 13.0 Å². The highest BCUT2D eigenvalue weighted by Gasteiger charge is 2.12. The van der Waals surface area contributed by atoms with Crippen LogP contribution in [0.1, 0.15) is 16.2 Å². The lowest BCUT2D eigenvalue weighted by molar-refractivity contribution is 0.102. The Morgan fingerprint density at radius 2 is 2.00 bits per heavy atom. The molecule has 0 radical (unpaired) electrons. The maximum Gasteiger partial charge on any atom is 0.346 e. The van der Waals surface area contributed by atoms with Crippen LogP contribution in [0.4, 0.5) is 5.82 Å². The molecule has 2 aromatic heterocycles. The van der Waals surface area contributed by atoms with Crippen LogP contribution in [-0.2, 0) is 0 Å². The third-order valence-electron chi connectivity index (χ3n) is 2.93. The molecule has 0 bridgehead atoms. The van der Waals surface area contributed by atoms with Gasteiger partial charge in [0.05, 0.1) is 5.69 Å². The normalized spacial score (nSPS) is 10.4. The first kappa shape index (κ1) is 13.7. The lowest BCUT2D eigenvalue weighted by Crippen LogP contribution is -2.21. The van der Waals surface area contributed by atoms with E-state index in [0.717, 1.165) is 5.56 Å². The van der Waals surface area contributed by atoms with Crippen molar-refractivity contribution < 1.29 is 9.32 Å². The maximum atomic E-state index is 12.2. The van der Waals surface area contributed by atoms with E-state index in [0.29, 0.717) is 11.5 Å². The SMILES string of the molecule is Cc1cc(NC(=O)c2cc(-c3ccccc3)nc(=O)[nH]2)no1. The zero-order valence-electron chi connectivity index (χ0n) is 11.7.